The van der Waals surface area contributed by atoms with Gasteiger partial charge in [-0.05, 0) is 25.1 Å². The molecule has 0 fully saturated rings. The van der Waals surface area contributed by atoms with Crippen LogP contribution < -0.4 is 11.0 Å². The summed E-state index contributed by atoms with van der Waals surface area (Å²) in [5, 5.41) is 0. The third-order valence-corrected chi connectivity index (χ3v) is 1.87. The van der Waals surface area contributed by atoms with Gasteiger partial charge in [0.05, 0.1) is 18.9 Å². The zero-order valence-corrected chi connectivity index (χ0v) is 10.2. The first-order valence-electron chi connectivity index (χ1n) is 5.43. The Balaban J connectivity index is 2.33. The van der Waals surface area contributed by atoms with Gasteiger partial charge in [0.15, 0.2) is 0 Å². The Morgan fingerprint density at radius 2 is 2.21 bits per heavy atom. The predicted octanol–water partition coefficient (Wildman–Crippen LogP) is 1.07. The van der Waals surface area contributed by atoms with Gasteiger partial charge >= 0.3 is 5.97 Å². The van der Waals surface area contributed by atoms with Crippen molar-refractivity contribution in [2.45, 2.75) is 6.92 Å². The topological polar surface area (TPSA) is 76.7 Å². The molecular weight excluding hydrogens is 255 g/mol. The number of benzene rings is 1. The van der Waals surface area contributed by atoms with Crippen LogP contribution >= 0.6 is 0 Å². The molecule has 1 amide bonds. The van der Waals surface area contributed by atoms with Crippen LogP contribution in [-0.4, -0.2) is 18.5 Å². The van der Waals surface area contributed by atoms with Crippen LogP contribution in [0.25, 0.3) is 0 Å². The molecule has 6 nitrogen and oxygen atoms in total. The molecule has 1 aromatic rings. The zero-order valence-electron chi connectivity index (χ0n) is 10.2. The first kappa shape index (κ1) is 14.7. The van der Waals surface area contributed by atoms with E-state index in [9.17, 15) is 14.0 Å². The van der Waals surface area contributed by atoms with Gasteiger partial charge in [-0.15, -0.1) is 0 Å². The van der Waals surface area contributed by atoms with Gasteiger partial charge in [0.25, 0.3) is 5.91 Å². The number of carbonyl (C=O) groups excluding carboxylic acids is 2. The Morgan fingerprint density at radius 3 is 2.89 bits per heavy atom. The average Bonchev–Trinajstić information content (AvgIpc) is 2.39. The van der Waals surface area contributed by atoms with E-state index in [1.54, 1.807) is 6.92 Å². The van der Waals surface area contributed by atoms with E-state index in [4.69, 9.17) is 4.74 Å². The minimum atomic E-state index is -0.756. The van der Waals surface area contributed by atoms with Gasteiger partial charge in [-0.1, -0.05) is 11.7 Å². The maximum absolute atomic E-state index is 12.8. The number of halogens is 1. The van der Waals surface area contributed by atoms with E-state index >= 15 is 0 Å². The Morgan fingerprint density at radius 1 is 1.42 bits per heavy atom. The van der Waals surface area contributed by atoms with Crippen LogP contribution in [-0.2, 0) is 14.4 Å². The van der Waals surface area contributed by atoms with Gasteiger partial charge in [-0.3, -0.25) is 10.2 Å². The molecule has 0 saturated carbocycles. The molecule has 0 aliphatic carbocycles. The molecule has 0 radical (unpaired) electrons. The quantitative estimate of drug-likeness (QED) is 0.458. The monoisotopic (exact) mass is 268 g/mol. The third-order valence-electron chi connectivity index (χ3n) is 1.87. The second-order valence-electron chi connectivity index (χ2n) is 3.25. The van der Waals surface area contributed by atoms with Gasteiger partial charge in [-0.25, -0.2) is 9.18 Å². The number of hydrogen-bond donors (Lipinski definition) is 2. The van der Waals surface area contributed by atoms with E-state index in [0.29, 0.717) is 6.61 Å². The Labute approximate surface area is 109 Å². The molecule has 0 unspecified atom stereocenters. The summed E-state index contributed by atoms with van der Waals surface area (Å²) in [5.41, 5.74) is 4.12. The first-order chi connectivity index (χ1) is 9.13. The predicted molar refractivity (Wildman–Crippen MR) is 63.9 cm³/mol. The fourth-order valence-corrected chi connectivity index (χ4v) is 1.06. The van der Waals surface area contributed by atoms with Crippen molar-refractivity contribution in [3.63, 3.8) is 0 Å². The van der Waals surface area contributed by atoms with Crippen molar-refractivity contribution in [2.24, 2.45) is 0 Å². The van der Waals surface area contributed by atoms with E-state index in [0.717, 1.165) is 12.1 Å². The van der Waals surface area contributed by atoms with Gasteiger partial charge in [0, 0.05) is 5.56 Å². The lowest BCUT2D eigenvalue weighted by atomic mass is 10.2. The van der Waals surface area contributed by atoms with Crippen molar-refractivity contribution in [1.82, 2.24) is 11.0 Å². The van der Waals surface area contributed by atoms with Crippen LogP contribution in [0.5, 0.6) is 0 Å². The highest BCUT2D eigenvalue weighted by molar-refractivity contribution is 5.93. The summed E-state index contributed by atoms with van der Waals surface area (Å²) in [6.07, 6.45) is 2.20. The highest BCUT2D eigenvalue weighted by Crippen LogP contribution is 2.02. The number of hydrazine groups is 1. The van der Waals surface area contributed by atoms with E-state index in [2.05, 4.69) is 10.3 Å². The van der Waals surface area contributed by atoms with Crippen molar-refractivity contribution in [3.8, 4) is 0 Å². The minimum Gasteiger partial charge on any atom is -0.501 e. The second-order valence-corrected chi connectivity index (χ2v) is 3.25. The lowest BCUT2D eigenvalue weighted by molar-refractivity contribution is -0.146. The smallest absolute Gasteiger partial charge is 0.354 e. The Kier molecular flexibility index (Phi) is 6.04. The van der Waals surface area contributed by atoms with Crippen LogP contribution in [0.2, 0.25) is 0 Å². The van der Waals surface area contributed by atoms with E-state index < -0.39 is 17.7 Å². The summed E-state index contributed by atoms with van der Waals surface area (Å²) in [6.45, 7) is 2.18. The number of ether oxygens (including phenoxy) is 1. The summed E-state index contributed by atoms with van der Waals surface area (Å²) in [5.74, 6) is -1.93. The highest BCUT2D eigenvalue weighted by atomic mass is 19.1. The summed E-state index contributed by atoms with van der Waals surface area (Å²) in [4.78, 5) is 26.9. The SMILES string of the molecule is CCOC=CC(=O)ONNC(=O)c1cccc(F)c1. The maximum atomic E-state index is 12.8. The van der Waals surface area contributed by atoms with Crippen LogP contribution in [0, 0.1) is 5.82 Å². The van der Waals surface area contributed by atoms with E-state index in [-0.39, 0.29) is 5.56 Å². The number of amides is 1. The van der Waals surface area contributed by atoms with Crippen LogP contribution in [0.1, 0.15) is 17.3 Å². The van der Waals surface area contributed by atoms with Gasteiger partial charge in [-0.2, -0.15) is 0 Å². The fourth-order valence-electron chi connectivity index (χ4n) is 1.06. The largest absolute Gasteiger partial charge is 0.501 e. The standard InChI is InChI=1S/C12H13FN2O4/c1-2-18-7-6-11(16)19-15-14-12(17)9-4-3-5-10(13)8-9/h3-8,15H,2H2,1H3,(H,14,17). The molecular formula is C12H13FN2O4. The number of hydrogen-bond acceptors (Lipinski definition) is 5. The van der Waals surface area contributed by atoms with Crippen molar-refractivity contribution in [1.29, 1.82) is 0 Å². The summed E-state index contributed by atoms with van der Waals surface area (Å²) in [6, 6.07) is 5.06. The fraction of sp³-hybridized carbons (Fsp3) is 0.167. The normalized spacial score (nSPS) is 10.2. The molecule has 0 aliphatic rings. The van der Waals surface area contributed by atoms with E-state index in [1.807, 2.05) is 5.59 Å². The maximum Gasteiger partial charge on any atom is 0.354 e. The number of nitrogens with one attached hydrogen (secondary N) is 2. The van der Waals surface area contributed by atoms with Crippen LogP contribution in [0.4, 0.5) is 4.39 Å². The van der Waals surface area contributed by atoms with Crippen molar-refractivity contribution >= 4 is 11.9 Å². The van der Waals surface area contributed by atoms with Gasteiger partial charge < -0.3 is 9.57 Å². The molecule has 0 bridgehead atoms. The number of rotatable bonds is 6. The van der Waals surface area contributed by atoms with Gasteiger partial charge in [0.1, 0.15) is 5.82 Å². The molecule has 0 aromatic heterocycles. The van der Waals surface area contributed by atoms with Gasteiger partial charge in [0.2, 0.25) is 0 Å². The highest BCUT2D eigenvalue weighted by Gasteiger charge is 2.06. The summed E-state index contributed by atoms with van der Waals surface area (Å²) < 4.78 is 17.6. The molecule has 0 spiro atoms. The Hall–Kier alpha value is -2.41. The Bertz CT molecular complexity index is 477. The van der Waals surface area contributed by atoms with Crippen LogP contribution in [0.3, 0.4) is 0 Å². The molecule has 1 aromatic carbocycles. The molecule has 102 valence electrons. The average molecular weight is 268 g/mol. The van der Waals surface area contributed by atoms with Crippen LogP contribution in [0.15, 0.2) is 36.6 Å². The van der Waals surface area contributed by atoms with Crippen molar-refractivity contribution in [2.75, 3.05) is 6.61 Å². The minimum absolute atomic E-state index is 0.0911. The van der Waals surface area contributed by atoms with Crippen molar-refractivity contribution < 1.29 is 23.6 Å². The lowest BCUT2D eigenvalue weighted by Gasteiger charge is -2.05. The van der Waals surface area contributed by atoms with Crippen molar-refractivity contribution in [3.05, 3.63) is 48.0 Å². The molecule has 0 aliphatic heterocycles. The molecule has 19 heavy (non-hydrogen) atoms. The summed E-state index contributed by atoms with van der Waals surface area (Å²) in [7, 11) is 0. The lowest BCUT2D eigenvalue weighted by Crippen LogP contribution is -2.38. The third kappa shape index (κ3) is 5.64. The molecule has 1 rings (SSSR count). The molecule has 0 atom stereocenters. The molecule has 0 heterocycles. The molecule has 2 N–H and O–H groups in total. The second kappa shape index (κ2) is 7.83. The number of carbonyl (C=O) groups is 2. The van der Waals surface area contributed by atoms with E-state index in [1.165, 1.54) is 24.5 Å². The zero-order chi connectivity index (χ0) is 14.1. The summed E-state index contributed by atoms with van der Waals surface area (Å²) >= 11 is 0. The molecule has 7 heteroatoms. The first-order valence-corrected chi connectivity index (χ1v) is 5.43. The molecule has 0 saturated heterocycles.